The maximum Gasteiger partial charge on any atom is 0.240 e. The molecule has 88 valence electrons. The highest BCUT2D eigenvalue weighted by atomic mass is 35.5. The fraction of sp³-hybridized carbons (Fsp3) is 0.0909. The minimum Gasteiger partial charge on any atom is -0.472 e. The third-order valence-corrected chi connectivity index (χ3v) is 2.32. The molecule has 0 aliphatic carbocycles. The second-order valence-corrected chi connectivity index (χ2v) is 3.67. The van der Waals surface area contributed by atoms with Crippen LogP contribution in [0.3, 0.4) is 0 Å². The van der Waals surface area contributed by atoms with E-state index in [0.29, 0.717) is 17.5 Å². The van der Waals surface area contributed by atoms with Crippen LogP contribution in [-0.4, -0.2) is 9.97 Å². The lowest BCUT2D eigenvalue weighted by molar-refractivity contribution is 0.294. The number of benzene rings is 1. The first-order valence-electron chi connectivity index (χ1n) is 4.95. The van der Waals surface area contributed by atoms with Crippen molar-refractivity contribution in [2.75, 3.05) is 5.43 Å². The van der Waals surface area contributed by atoms with Crippen molar-refractivity contribution in [2.24, 2.45) is 5.84 Å². The maximum atomic E-state index is 5.90. The van der Waals surface area contributed by atoms with E-state index in [2.05, 4.69) is 15.4 Å². The highest BCUT2D eigenvalue weighted by molar-refractivity contribution is 6.31. The molecule has 0 bridgehead atoms. The number of halogens is 1. The number of nitrogens with two attached hydrogens (primary N) is 1. The van der Waals surface area contributed by atoms with Crippen molar-refractivity contribution in [1.82, 2.24) is 9.97 Å². The first kappa shape index (κ1) is 11.6. The van der Waals surface area contributed by atoms with Gasteiger partial charge in [0.2, 0.25) is 11.8 Å². The van der Waals surface area contributed by atoms with Gasteiger partial charge in [-0.05, 0) is 5.56 Å². The second-order valence-electron chi connectivity index (χ2n) is 3.27. The van der Waals surface area contributed by atoms with Gasteiger partial charge in [-0.25, -0.2) is 10.8 Å². The number of hydrazine groups is 1. The molecule has 0 saturated heterocycles. The summed E-state index contributed by atoms with van der Waals surface area (Å²) >= 11 is 5.90. The average Bonchev–Trinajstić information content (AvgIpc) is 2.39. The van der Waals surface area contributed by atoms with Crippen molar-refractivity contribution in [3.05, 3.63) is 47.1 Å². The van der Waals surface area contributed by atoms with E-state index in [0.717, 1.165) is 5.56 Å². The summed E-state index contributed by atoms with van der Waals surface area (Å²) in [5.41, 5.74) is 3.36. The van der Waals surface area contributed by atoms with Crippen LogP contribution in [-0.2, 0) is 6.61 Å². The lowest BCUT2D eigenvalue weighted by atomic mass is 10.2. The van der Waals surface area contributed by atoms with Crippen LogP contribution in [0.4, 0.5) is 5.95 Å². The molecule has 0 spiro atoms. The summed E-state index contributed by atoms with van der Waals surface area (Å²) in [4.78, 5) is 7.86. The van der Waals surface area contributed by atoms with Gasteiger partial charge in [0.15, 0.2) is 0 Å². The van der Waals surface area contributed by atoms with Gasteiger partial charge < -0.3 is 4.74 Å². The van der Waals surface area contributed by atoms with Crippen molar-refractivity contribution >= 4 is 17.5 Å². The largest absolute Gasteiger partial charge is 0.472 e. The quantitative estimate of drug-likeness (QED) is 0.641. The minimum absolute atomic E-state index is 0.262. The zero-order valence-electron chi connectivity index (χ0n) is 8.93. The molecular weight excluding hydrogens is 240 g/mol. The van der Waals surface area contributed by atoms with Crippen molar-refractivity contribution in [3.63, 3.8) is 0 Å². The van der Waals surface area contributed by atoms with Gasteiger partial charge in [0, 0.05) is 0 Å². The standard InChI is InChI=1S/C11H11ClN4O/c12-9-6-14-11(16-13)15-10(9)17-7-8-4-2-1-3-5-8/h1-6H,7,13H2,(H,14,15,16). The number of nitrogens with one attached hydrogen (secondary N) is 1. The molecule has 6 heteroatoms. The predicted octanol–water partition coefficient (Wildman–Crippen LogP) is 1.99. The predicted molar refractivity (Wildman–Crippen MR) is 65.6 cm³/mol. The zero-order chi connectivity index (χ0) is 12.1. The summed E-state index contributed by atoms with van der Waals surface area (Å²) in [6.07, 6.45) is 1.43. The molecule has 0 amide bonds. The molecule has 0 fully saturated rings. The van der Waals surface area contributed by atoms with E-state index >= 15 is 0 Å². The van der Waals surface area contributed by atoms with Crippen molar-refractivity contribution in [2.45, 2.75) is 6.61 Å². The molecule has 2 rings (SSSR count). The summed E-state index contributed by atoms with van der Waals surface area (Å²) in [6, 6.07) is 9.73. The van der Waals surface area contributed by atoms with Crippen LogP contribution in [0.15, 0.2) is 36.5 Å². The van der Waals surface area contributed by atoms with E-state index in [4.69, 9.17) is 22.2 Å². The Labute approximate surface area is 104 Å². The van der Waals surface area contributed by atoms with Crippen LogP contribution in [0.1, 0.15) is 5.56 Å². The smallest absolute Gasteiger partial charge is 0.240 e. The normalized spacial score (nSPS) is 10.0. The Morgan fingerprint density at radius 2 is 2.06 bits per heavy atom. The molecule has 1 heterocycles. The fourth-order valence-corrected chi connectivity index (χ4v) is 1.39. The Balaban J connectivity index is 2.08. The van der Waals surface area contributed by atoms with Gasteiger partial charge in [0.25, 0.3) is 0 Å². The van der Waals surface area contributed by atoms with Gasteiger partial charge in [-0.3, -0.25) is 5.43 Å². The zero-order valence-corrected chi connectivity index (χ0v) is 9.69. The fourth-order valence-electron chi connectivity index (χ4n) is 1.25. The third-order valence-electron chi connectivity index (χ3n) is 2.06. The number of anilines is 1. The molecule has 0 aliphatic heterocycles. The van der Waals surface area contributed by atoms with E-state index in [1.165, 1.54) is 6.20 Å². The Bertz CT molecular complexity index is 492. The molecule has 3 N–H and O–H groups in total. The Kier molecular flexibility index (Phi) is 3.74. The summed E-state index contributed by atoms with van der Waals surface area (Å²) in [6.45, 7) is 0.390. The van der Waals surface area contributed by atoms with Gasteiger partial charge in [0.1, 0.15) is 11.6 Å². The summed E-state index contributed by atoms with van der Waals surface area (Å²) in [7, 11) is 0. The van der Waals surface area contributed by atoms with Gasteiger partial charge in [-0.15, -0.1) is 0 Å². The van der Waals surface area contributed by atoms with Crippen LogP contribution in [0, 0.1) is 0 Å². The minimum atomic E-state index is 0.262. The molecule has 0 unspecified atom stereocenters. The van der Waals surface area contributed by atoms with Crippen LogP contribution >= 0.6 is 11.6 Å². The van der Waals surface area contributed by atoms with Crippen LogP contribution in [0.5, 0.6) is 5.88 Å². The Morgan fingerprint density at radius 1 is 1.29 bits per heavy atom. The Morgan fingerprint density at radius 3 is 2.76 bits per heavy atom. The number of ether oxygens (including phenoxy) is 1. The molecule has 1 aromatic heterocycles. The lowest BCUT2D eigenvalue weighted by Gasteiger charge is -2.07. The van der Waals surface area contributed by atoms with Gasteiger partial charge in [0.05, 0.1) is 6.20 Å². The molecule has 5 nitrogen and oxygen atoms in total. The van der Waals surface area contributed by atoms with E-state index in [1.807, 2.05) is 30.3 Å². The topological polar surface area (TPSA) is 73.1 Å². The van der Waals surface area contributed by atoms with Crippen molar-refractivity contribution in [3.8, 4) is 5.88 Å². The van der Waals surface area contributed by atoms with Gasteiger partial charge >= 0.3 is 0 Å². The first-order valence-corrected chi connectivity index (χ1v) is 5.33. The highest BCUT2D eigenvalue weighted by Crippen LogP contribution is 2.22. The van der Waals surface area contributed by atoms with Crippen LogP contribution in [0.2, 0.25) is 5.02 Å². The summed E-state index contributed by atoms with van der Waals surface area (Å²) < 4.78 is 5.49. The van der Waals surface area contributed by atoms with Crippen LogP contribution in [0.25, 0.3) is 0 Å². The number of nitrogen functional groups attached to an aromatic ring is 1. The summed E-state index contributed by atoms with van der Waals surface area (Å²) in [5.74, 6) is 5.77. The molecule has 0 atom stereocenters. The second kappa shape index (κ2) is 5.47. The summed E-state index contributed by atoms with van der Waals surface area (Å²) in [5, 5.41) is 0.347. The van der Waals surface area contributed by atoms with E-state index < -0.39 is 0 Å². The molecule has 0 saturated carbocycles. The van der Waals surface area contributed by atoms with E-state index in [9.17, 15) is 0 Å². The SMILES string of the molecule is NNc1ncc(Cl)c(OCc2ccccc2)n1. The van der Waals surface area contributed by atoms with E-state index in [1.54, 1.807) is 0 Å². The number of rotatable bonds is 4. The third kappa shape index (κ3) is 3.05. The Hall–Kier alpha value is -1.85. The molecule has 0 aliphatic rings. The number of hydrogen-bond donors (Lipinski definition) is 2. The van der Waals surface area contributed by atoms with Crippen LogP contribution < -0.4 is 16.0 Å². The average molecular weight is 251 g/mol. The monoisotopic (exact) mass is 250 g/mol. The first-order chi connectivity index (χ1) is 8.29. The number of nitrogens with zero attached hydrogens (tertiary/aromatic N) is 2. The van der Waals surface area contributed by atoms with Crippen molar-refractivity contribution < 1.29 is 4.74 Å². The van der Waals surface area contributed by atoms with Crippen molar-refractivity contribution in [1.29, 1.82) is 0 Å². The molecule has 17 heavy (non-hydrogen) atoms. The number of hydrogen-bond acceptors (Lipinski definition) is 5. The highest BCUT2D eigenvalue weighted by Gasteiger charge is 2.06. The maximum absolute atomic E-state index is 5.90. The molecule has 1 aromatic carbocycles. The molecular formula is C11H11ClN4O. The molecule has 2 aromatic rings. The lowest BCUT2D eigenvalue weighted by Crippen LogP contribution is -2.11. The van der Waals surface area contributed by atoms with E-state index in [-0.39, 0.29) is 5.95 Å². The van der Waals surface area contributed by atoms with Gasteiger partial charge in [-0.1, -0.05) is 41.9 Å². The molecule has 0 radical (unpaired) electrons. The number of aromatic nitrogens is 2. The van der Waals surface area contributed by atoms with Gasteiger partial charge in [-0.2, -0.15) is 4.98 Å².